The molecule has 6 heteroatoms. The lowest BCUT2D eigenvalue weighted by molar-refractivity contribution is 0.661. The SMILES string of the molecule is N#Cc1cccc(-c2cc3c4c(c2)-n2c5cccc6cccc(c7scc8ccc(c2c87)B4c2ccc4csc7c4c2N3C2C=CC=C3C=CC=C7C32)c65)c1. The van der Waals surface area contributed by atoms with Crippen molar-refractivity contribution in [3.8, 4) is 22.9 Å². The van der Waals surface area contributed by atoms with Crippen molar-refractivity contribution in [1.82, 2.24) is 4.57 Å². The second kappa shape index (κ2) is 10.0. The van der Waals surface area contributed by atoms with Gasteiger partial charge in [0, 0.05) is 54.1 Å². The molecular weight excluding hydrogens is 706 g/mol. The third-order valence-corrected chi connectivity index (χ3v) is 15.1. The summed E-state index contributed by atoms with van der Waals surface area (Å²) < 4.78 is 3.96. The molecule has 252 valence electrons. The molecule has 0 amide bonds. The van der Waals surface area contributed by atoms with Crippen LogP contribution in [0.4, 0.5) is 11.4 Å². The lowest BCUT2D eigenvalue weighted by Crippen LogP contribution is -2.62. The maximum absolute atomic E-state index is 10.1. The van der Waals surface area contributed by atoms with Gasteiger partial charge in [0.2, 0.25) is 0 Å². The molecule has 2 unspecified atom stereocenters. The third-order valence-electron chi connectivity index (χ3n) is 13.0. The largest absolute Gasteiger partial charge is 0.334 e. The molecule has 0 saturated carbocycles. The van der Waals surface area contributed by atoms with Crippen LogP contribution in [0.5, 0.6) is 0 Å². The van der Waals surface area contributed by atoms with E-state index >= 15 is 0 Å². The highest BCUT2D eigenvalue weighted by molar-refractivity contribution is 7.19. The van der Waals surface area contributed by atoms with Crippen LogP contribution in [0.3, 0.4) is 0 Å². The van der Waals surface area contributed by atoms with Crippen LogP contribution < -0.4 is 21.3 Å². The molecule has 3 aromatic heterocycles. The topological polar surface area (TPSA) is 32.0 Å². The maximum Gasteiger partial charge on any atom is 0.252 e. The average molecular weight is 732 g/mol. The van der Waals surface area contributed by atoms with Crippen molar-refractivity contribution in [2.75, 3.05) is 4.90 Å². The van der Waals surface area contributed by atoms with Crippen LogP contribution in [0, 0.1) is 17.2 Å². The molecule has 0 radical (unpaired) electrons. The number of thiophene rings is 2. The summed E-state index contributed by atoms with van der Waals surface area (Å²) in [6.07, 6.45) is 14.0. The van der Waals surface area contributed by atoms with Gasteiger partial charge in [0.25, 0.3) is 6.71 Å². The van der Waals surface area contributed by atoms with E-state index in [-0.39, 0.29) is 18.7 Å². The number of hydrogen-bond acceptors (Lipinski definition) is 4. The fraction of sp³-hybridized carbons (Fsp3) is 0.0408. The van der Waals surface area contributed by atoms with E-state index < -0.39 is 0 Å². The van der Waals surface area contributed by atoms with Crippen molar-refractivity contribution in [3.63, 3.8) is 0 Å². The Morgan fingerprint density at radius 3 is 2.47 bits per heavy atom. The molecular formula is C49H26BN3S2. The quantitative estimate of drug-likeness (QED) is 0.158. The number of aromatic nitrogens is 1. The first kappa shape index (κ1) is 29.0. The number of nitriles is 1. The molecule has 14 rings (SSSR count). The van der Waals surface area contributed by atoms with Gasteiger partial charge >= 0.3 is 0 Å². The number of hydrogen-bond donors (Lipinski definition) is 0. The van der Waals surface area contributed by atoms with Crippen LogP contribution in [0.2, 0.25) is 0 Å². The molecule has 9 aromatic rings. The van der Waals surface area contributed by atoms with Crippen LogP contribution >= 0.6 is 22.7 Å². The van der Waals surface area contributed by atoms with Gasteiger partial charge in [-0.25, -0.2) is 0 Å². The van der Waals surface area contributed by atoms with E-state index in [4.69, 9.17) is 0 Å². The Balaban J connectivity index is 1.23. The van der Waals surface area contributed by atoms with Crippen molar-refractivity contribution in [2.45, 2.75) is 6.04 Å². The second-order valence-corrected chi connectivity index (χ2v) is 17.3. The minimum atomic E-state index is 0.0338. The Morgan fingerprint density at radius 2 is 1.55 bits per heavy atom. The molecule has 55 heavy (non-hydrogen) atoms. The van der Waals surface area contributed by atoms with Crippen molar-refractivity contribution in [1.29, 1.82) is 5.26 Å². The third kappa shape index (κ3) is 3.44. The lowest BCUT2D eigenvalue weighted by Gasteiger charge is -2.46. The molecule has 3 aliphatic heterocycles. The highest BCUT2D eigenvalue weighted by Gasteiger charge is 2.48. The summed E-state index contributed by atoms with van der Waals surface area (Å²) in [7, 11) is 0. The number of fused-ring (bicyclic) bond motifs is 8. The zero-order chi connectivity index (χ0) is 35.7. The number of nitrogens with zero attached hydrogens (tertiary/aromatic N) is 3. The lowest BCUT2D eigenvalue weighted by atomic mass is 9.33. The minimum Gasteiger partial charge on any atom is -0.334 e. The highest BCUT2D eigenvalue weighted by Crippen LogP contribution is 2.54. The van der Waals surface area contributed by atoms with E-state index in [1.165, 1.54) is 103 Å². The fourth-order valence-corrected chi connectivity index (χ4v) is 13.1. The Labute approximate surface area is 324 Å². The van der Waals surface area contributed by atoms with Gasteiger partial charge in [-0.1, -0.05) is 103 Å². The van der Waals surface area contributed by atoms with E-state index in [1.54, 1.807) is 0 Å². The molecule has 5 aliphatic rings. The summed E-state index contributed by atoms with van der Waals surface area (Å²) in [5.74, 6) is 0.206. The van der Waals surface area contributed by atoms with E-state index in [0.29, 0.717) is 5.56 Å². The Kier molecular flexibility index (Phi) is 5.29. The maximum atomic E-state index is 10.1. The fourth-order valence-electron chi connectivity index (χ4n) is 10.9. The van der Waals surface area contributed by atoms with Gasteiger partial charge in [-0.05, 0) is 95.9 Å². The Morgan fingerprint density at radius 1 is 0.709 bits per heavy atom. The monoisotopic (exact) mass is 731 g/mol. The second-order valence-electron chi connectivity index (χ2n) is 15.5. The average Bonchev–Trinajstić information content (AvgIpc) is 3.82. The van der Waals surface area contributed by atoms with Gasteiger partial charge in [-0.3, -0.25) is 0 Å². The van der Waals surface area contributed by atoms with Crippen molar-refractivity contribution in [3.05, 3.63) is 160 Å². The molecule has 0 saturated heterocycles. The first-order valence-electron chi connectivity index (χ1n) is 18.9. The van der Waals surface area contributed by atoms with Gasteiger partial charge in [-0.2, -0.15) is 5.26 Å². The van der Waals surface area contributed by atoms with Gasteiger partial charge in [0.15, 0.2) is 0 Å². The molecule has 6 heterocycles. The predicted octanol–water partition coefficient (Wildman–Crippen LogP) is 10.6. The van der Waals surface area contributed by atoms with Crippen LogP contribution in [-0.4, -0.2) is 17.3 Å². The molecule has 0 fully saturated rings. The normalized spacial score (nSPS) is 18.2. The summed E-state index contributed by atoms with van der Waals surface area (Å²) in [5, 5.41) is 23.9. The van der Waals surface area contributed by atoms with Gasteiger partial charge in [-0.15, -0.1) is 22.7 Å². The highest BCUT2D eigenvalue weighted by atomic mass is 32.1. The van der Waals surface area contributed by atoms with E-state index in [9.17, 15) is 5.26 Å². The Bertz CT molecular complexity index is 3480. The van der Waals surface area contributed by atoms with Gasteiger partial charge in [0.05, 0.1) is 28.7 Å². The summed E-state index contributed by atoms with van der Waals surface area (Å²) in [6.45, 7) is 0.0338. The van der Waals surface area contributed by atoms with E-state index in [1.807, 2.05) is 34.8 Å². The van der Waals surface area contributed by atoms with Crippen LogP contribution in [-0.2, 0) is 0 Å². The summed E-state index contributed by atoms with van der Waals surface area (Å²) in [6, 6.07) is 38.8. The van der Waals surface area contributed by atoms with Gasteiger partial charge in [0.1, 0.15) is 0 Å². The number of allylic oxidation sites excluding steroid dienone is 5. The van der Waals surface area contributed by atoms with Crippen molar-refractivity contribution in [2.24, 2.45) is 5.92 Å². The summed E-state index contributed by atoms with van der Waals surface area (Å²) in [4.78, 5) is 4.12. The zero-order valence-electron chi connectivity index (χ0n) is 29.2. The first-order valence-corrected chi connectivity index (χ1v) is 20.7. The molecule has 0 bridgehead atoms. The first-order chi connectivity index (χ1) is 27.2. The van der Waals surface area contributed by atoms with Gasteiger partial charge < -0.3 is 9.47 Å². The number of rotatable bonds is 1. The molecule has 2 aliphatic carbocycles. The smallest absolute Gasteiger partial charge is 0.252 e. The van der Waals surface area contributed by atoms with Crippen molar-refractivity contribution < 1.29 is 0 Å². The predicted molar refractivity (Wildman–Crippen MR) is 234 cm³/mol. The zero-order valence-corrected chi connectivity index (χ0v) is 30.9. The summed E-state index contributed by atoms with van der Waals surface area (Å²) in [5.41, 5.74) is 16.1. The molecule has 0 spiro atoms. The standard InChI is InChI=1S/C49H26BN3S2/c51-23-26-6-1-11-29(20-26)32-21-39-45-40(22-32)53-38-15-5-10-28-8-3-13-34(42(28)38)49-44-31(25-55-49)17-19-36(47(44)53)50(45)35-18-16-30-24-54-48-33-12-2-7-27-9-4-14-37(41(27)33)52(39)46(35)43(30)48/h1-22,24-25,37,41H. The van der Waals surface area contributed by atoms with Crippen molar-refractivity contribution >= 4 is 116 Å². The van der Waals surface area contributed by atoms with E-state index in [0.717, 1.165) is 11.1 Å². The van der Waals surface area contributed by atoms with E-state index in [2.05, 4.69) is 148 Å². The number of benzene rings is 6. The molecule has 6 aromatic carbocycles. The Hall–Kier alpha value is -6.39. The number of anilines is 2. The van der Waals surface area contributed by atoms with Crippen LogP contribution in [0.15, 0.2) is 150 Å². The minimum absolute atomic E-state index is 0.0338. The molecule has 2 atom stereocenters. The van der Waals surface area contributed by atoms with Crippen LogP contribution in [0.1, 0.15) is 10.4 Å². The molecule has 0 N–H and O–H groups in total. The van der Waals surface area contributed by atoms with Crippen LogP contribution in [0.25, 0.3) is 75.8 Å². The molecule has 3 nitrogen and oxygen atoms in total. The summed E-state index contributed by atoms with van der Waals surface area (Å²) >= 11 is 3.77.